The van der Waals surface area contributed by atoms with E-state index in [9.17, 15) is 8.42 Å². The van der Waals surface area contributed by atoms with E-state index < -0.39 is 10.0 Å². The molecule has 0 bridgehead atoms. The van der Waals surface area contributed by atoms with Crippen LogP contribution in [0, 0.1) is 13.8 Å². The highest BCUT2D eigenvalue weighted by molar-refractivity contribution is 7.92. The third-order valence-electron chi connectivity index (χ3n) is 6.61. The Morgan fingerprint density at radius 1 is 1.17 bits per heavy atom. The molecule has 0 radical (unpaired) electrons. The summed E-state index contributed by atoms with van der Waals surface area (Å²) >= 11 is 5.85. The molecule has 35 heavy (non-hydrogen) atoms. The summed E-state index contributed by atoms with van der Waals surface area (Å²) in [6.07, 6.45) is 5.32. The number of pyridine rings is 1. The zero-order valence-electron chi connectivity index (χ0n) is 20.1. The molecule has 2 N–H and O–H groups in total. The molecule has 5 rings (SSSR count). The van der Waals surface area contributed by atoms with Crippen LogP contribution >= 0.6 is 12.2 Å². The fourth-order valence-electron chi connectivity index (χ4n) is 5.06. The highest BCUT2D eigenvalue weighted by Gasteiger charge is 2.43. The van der Waals surface area contributed by atoms with Crippen LogP contribution in [0.25, 0.3) is 0 Å². The average Bonchev–Trinajstić information content (AvgIpc) is 3.52. The number of aromatic nitrogens is 2. The van der Waals surface area contributed by atoms with E-state index in [1.807, 2.05) is 30.3 Å². The summed E-state index contributed by atoms with van der Waals surface area (Å²) in [5.41, 5.74) is 5.74. The number of ether oxygens (including phenoxy) is 1. The van der Waals surface area contributed by atoms with E-state index in [-0.39, 0.29) is 12.1 Å². The van der Waals surface area contributed by atoms with Crippen molar-refractivity contribution in [2.24, 2.45) is 0 Å². The molecule has 8 nitrogen and oxygen atoms in total. The quantitative estimate of drug-likeness (QED) is 0.455. The molecule has 2 atom stereocenters. The van der Waals surface area contributed by atoms with Gasteiger partial charge in [0.15, 0.2) is 5.11 Å². The summed E-state index contributed by atoms with van der Waals surface area (Å²) in [7, 11) is -1.94. The first-order chi connectivity index (χ1) is 16.7. The summed E-state index contributed by atoms with van der Waals surface area (Å²) in [6, 6.07) is 13.8. The second kappa shape index (κ2) is 8.83. The van der Waals surface area contributed by atoms with Gasteiger partial charge in [0.2, 0.25) is 10.0 Å². The molecule has 0 amide bonds. The number of hydrogen-bond donors (Lipinski definition) is 2. The van der Waals surface area contributed by atoms with Gasteiger partial charge >= 0.3 is 0 Å². The van der Waals surface area contributed by atoms with Crippen molar-refractivity contribution in [1.82, 2.24) is 14.9 Å². The maximum Gasteiger partial charge on any atom is 0.229 e. The average molecular weight is 512 g/mol. The van der Waals surface area contributed by atoms with E-state index in [0.29, 0.717) is 22.6 Å². The lowest BCUT2D eigenvalue weighted by Gasteiger charge is -2.29. The molecule has 1 saturated heterocycles. The topological polar surface area (TPSA) is 88.5 Å². The van der Waals surface area contributed by atoms with Crippen LogP contribution in [0.1, 0.15) is 53.6 Å². The summed E-state index contributed by atoms with van der Waals surface area (Å²) in [5.74, 6) is 0.416. The minimum atomic E-state index is -3.45. The van der Waals surface area contributed by atoms with Crippen LogP contribution in [0.2, 0.25) is 0 Å². The summed E-state index contributed by atoms with van der Waals surface area (Å²) in [5, 5.41) is 4.07. The van der Waals surface area contributed by atoms with Crippen molar-refractivity contribution in [3.8, 4) is 5.75 Å². The van der Waals surface area contributed by atoms with Crippen molar-refractivity contribution in [3.63, 3.8) is 0 Å². The Morgan fingerprint density at radius 3 is 2.57 bits per heavy atom. The first kappa shape index (κ1) is 23.6. The number of benzene rings is 1. The Balaban J connectivity index is 1.63. The number of sulfonamides is 1. The summed E-state index contributed by atoms with van der Waals surface area (Å²) < 4.78 is 34.1. The van der Waals surface area contributed by atoms with Crippen LogP contribution in [0.3, 0.4) is 0 Å². The van der Waals surface area contributed by atoms with Gasteiger partial charge in [0, 0.05) is 35.4 Å². The zero-order valence-corrected chi connectivity index (χ0v) is 21.8. The van der Waals surface area contributed by atoms with Gasteiger partial charge in [-0.3, -0.25) is 9.71 Å². The number of methoxy groups -OCH3 is 1. The monoisotopic (exact) mass is 511 g/mol. The highest BCUT2D eigenvalue weighted by atomic mass is 32.2. The Labute approximate surface area is 211 Å². The van der Waals surface area contributed by atoms with E-state index in [1.165, 1.54) is 36.9 Å². The number of anilines is 2. The molecule has 2 aliphatic rings. The largest absolute Gasteiger partial charge is 0.494 e. The van der Waals surface area contributed by atoms with Crippen molar-refractivity contribution in [1.29, 1.82) is 0 Å². The van der Waals surface area contributed by atoms with Gasteiger partial charge in [-0.1, -0.05) is 6.07 Å². The number of nitrogens with one attached hydrogen (secondary N) is 2. The Hall–Kier alpha value is -3.11. The van der Waals surface area contributed by atoms with Crippen molar-refractivity contribution in [3.05, 3.63) is 71.3 Å². The van der Waals surface area contributed by atoms with Crippen LogP contribution in [-0.4, -0.2) is 36.4 Å². The molecule has 184 valence electrons. The van der Waals surface area contributed by atoms with Gasteiger partial charge in [-0.25, -0.2) is 8.42 Å². The zero-order chi connectivity index (χ0) is 24.9. The van der Waals surface area contributed by atoms with Crippen LogP contribution in [0.15, 0.2) is 48.7 Å². The fourth-order valence-corrected chi connectivity index (χ4v) is 5.97. The second-order valence-electron chi connectivity index (χ2n) is 9.18. The Bertz CT molecular complexity index is 1380. The van der Waals surface area contributed by atoms with Crippen LogP contribution < -0.4 is 19.7 Å². The normalized spacial score (nSPS) is 20.1. The molecule has 2 unspecified atom stereocenters. The molecule has 10 heteroatoms. The maximum atomic E-state index is 11.8. The van der Waals surface area contributed by atoms with E-state index in [1.54, 1.807) is 12.3 Å². The van der Waals surface area contributed by atoms with Crippen LogP contribution in [-0.2, 0) is 10.0 Å². The summed E-state index contributed by atoms with van der Waals surface area (Å²) in [4.78, 5) is 6.72. The van der Waals surface area contributed by atoms with Gasteiger partial charge in [-0.15, -0.1) is 0 Å². The van der Waals surface area contributed by atoms with E-state index in [4.69, 9.17) is 17.0 Å². The van der Waals surface area contributed by atoms with Gasteiger partial charge in [0.1, 0.15) is 5.75 Å². The lowest BCUT2D eigenvalue weighted by atomic mass is 9.96. The third kappa shape index (κ3) is 4.48. The van der Waals surface area contributed by atoms with Gasteiger partial charge in [0.25, 0.3) is 0 Å². The van der Waals surface area contributed by atoms with E-state index >= 15 is 0 Å². The fraction of sp³-hybridized carbons (Fsp3) is 0.360. The molecule has 0 spiro atoms. The SMILES string of the molecule is COc1cc(N2C(=S)NC(c3ccccn3)C2c2cc(C)n(C3CC3)c2C)ccc1NS(C)(=O)=O. The number of nitrogens with zero attached hydrogens (tertiary/aromatic N) is 3. The molecule has 1 saturated carbocycles. The molecule has 1 aliphatic carbocycles. The maximum absolute atomic E-state index is 11.8. The van der Waals surface area contributed by atoms with Gasteiger partial charge in [-0.2, -0.15) is 0 Å². The van der Waals surface area contributed by atoms with Crippen molar-refractivity contribution in [2.45, 2.75) is 44.8 Å². The lowest BCUT2D eigenvalue weighted by Crippen LogP contribution is -2.29. The van der Waals surface area contributed by atoms with E-state index in [2.05, 4.69) is 44.4 Å². The first-order valence-electron chi connectivity index (χ1n) is 11.5. The second-order valence-corrected chi connectivity index (χ2v) is 11.3. The third-order valence-corrected chi connectivity index (χ3v) is 7.52. The molecule has 1 aliphatic heterocycles. The first-order valence-corrected chi connectivity index (χ1v) is 13.8. The standard InChI is InChI=1S/C25H29N5O3S2/c1-15-13-19(16(2)29(15)17-8-9-17)24-23(21-7-5-6-12-26-21)27-25(34)30(24)18-10-11-20(22(14-18)33-3)28-35(4,31)32/h5-7,10-14,17,23-24,28H,8-9H2,1-4H3,(H,27,34). The molecule has 3 heterocycles. The number of thiocarbonyl (C=S) groups is 1. The number of hydrogen-bond acceptors (Lipinski definition) is 5. The van der Waals surface area contributed by atoms with Gasteiger partial charge < -0.3 is 19.5 Å². The smallest absolute Gasteiger partial charge is 0.229 e. The van der Waals surface area contributed by atoms with Crippen molar-refractivity contribution in [2.75, 3.05) is 23.0 Å². The molecule has 3 aromatic rings. The van der Waals surface area contributed by atoms with E-state index in [0.717, 1.165) is 17.6 Å². The molecular weight excluding hydrogens is 482 g/mol. The van der Waals surface area contributed by atoms with Crippen molar-refractivity contribution >= 4 is 38.7 Å². The summed E-state index contributed by atoms with van der Waals surface area (Å²) in [6.45, 7) is 4.33. The molecule has 2 fully saturated rings. The Morgan fingerprint density at radius 2 is 1.94 bits per heavy atom. The molecule has 1 aromatic carbocycles. The minimum absolute atomic E-state index is 0.144. The van der Waals surface area contributed by atoms with Crippen LogP contribution in [0.5, 0.6) is 5.75 Å². The number of rotatable bonds is 7. The van der Waals surface area contributed by atoms with Gasteiger partial charge in [-0.05, 0) is 74.8 Å². The lowest BCUT2D eigenvalue weighted by molar-refractivity contribution is 0.417. The van der Waals surface area contributed by atoms with Crippen LogP contribution in [0.4, 0.5) is 11.4 Å². The molecule has 2 aromatic heterocycles. The number of aryl methyl sites for hydroxylation is 1. The van der Waals surface area contributed by atoms with Crippen molar-refractivity contribution < 1.29 is 13.2 Å². The minimum Gasteiger partial charge on any atom is -0.494 e. The molecular formula is C25H29N5O3S2. The highest BCUT2D eigenvalue weighted by Crippen LogP contribution is 2.47. The Kier molecular flexibility index (Phi) is 5.96. The predicted octanol–water partition coefficient (Wildman–Crippen LogP) is 4.39. The predicted molar refractivity (Wildman–Crippen MR) is 142 cm³/mol. The van der Waals surface area contributed by atoms with Gasteiger partial charge in [0.05, 0.1) is 36.8 Å².